The van der Waals surface area contributed by atoms with Crippen LogP contribution in [0.2, 0.25) is 0 Å². The van der Waals surface area contributed by atoms with Gasteiger partial charge in [0.25, 0.3) is 0 Å². The van der Waals surface area contributed by atoms with Crippen molar-refractivity contribution in [3.8, 4) is 0 Å². The molecule has 1 unspecified atom stereocenters. The van der Waals surface area contributed by atoms with Crippen molar-refractivity contribution in [2.24, 2.45) is 5.73 Å². The molecule has 2 nitrogen and oxygen atoms in total. The highest BCUT2D eigenvalue weighted by Gasteiger charge is 2.07. The van der Waals surface area contributed by atoms with E-state index < -0.39 is 0 Å². The Kier molecular flexibility index (Phi) is 3.64. The summed E-state index contributed by atoms with van der Waals surface area (Å²) in [6, 6.07) is 14.7. The first kappa shape index (κ1) is 11.9. The second-order valence-electron chi connectivity index (χ2n) is 4.57. The highest BCUT2D eigenvalue weighted by Crippen LogP contribution is 2.16. The summed E-state index contributed by atoms with van der Waals surface area (Å²) in [5, 5.41) is 0. The highest BCUT2D eigenvalue weighted by atomic mass is 15.0. The Morgan fingerprint density at radius 2 is 1.59 bits per heavy atom. The van der Waals surface area contributed by atoms with Crippen molar-refractivity contribution < 1.29 is 0 Å². The van der Waals surface area contributed by atoms with E-state index in [1.165, 1.54) is 17.0 Å². The fraction of sp³-hybridized carbons (Fsp3) is 0.333. The van der Waals surface area contributed by atoms with Gasteiger partial charge in [-0.25, -0.2) is 0 Å². The van der Waals surface area contributed by atoms with E-state index in [1.54, 1.807) is 0 Å². The number of aryl methyl sites for hydroxylation is 2. The molecule has 2 aromatic rings. The molecule has 1 aromatic carbocycles. The molecule has 0 amide bonds. The number of rotatable bonds is 4. The third-order valence-electron chi connectivity index (χ3n) is 3.31. The largest absolute Gasteiger partial charge is 0.349 e. The van der Waals surface area contributed by atoms with Gasteiger partial charge in [-0.05, 0) is 38.0 Å². The molecule has 0 bridgehead atoms. The van der Waals surface area contributed by atoms with Gasteiger partial charge in [0.05, 0.1) is 0 Å². The molecule has 2 N–H and O–H groups in total. The van der Waals surface area contributed by atoms with E-state index in [-0.39, 0.29) is 6.04 Å². The van der Waals surface area contributed by atoms with Crippen molar-refractivity contribution in [2.45, 2.75) is 32.9 Å². The average Bonchev–Trinajstić information content (AvgIpc) is 2.67. The van der Waals surface area contributed by atoms with Crippen molar-refractivity contribution in [2.75, 3.05) is 0 Å². The molecule has 0 saturated carbocycles. The Balaban J connectivity index is 1.99. The Labute approximate surface area is 103 Å². The molecule has 0 aliphatic heterocycles. The predicted molar refractivity (Wildman–Crippen MR) is 71.9 cm³/mol. The van der Waals surface area contributed by atoms with Crippen LogP contribution in [-0.4, -0.2) is 4.57 Å². The minimum atomic E-state index is 0.123. The van der Waals surface area contributed by atoms with Gasteiger partial charge in [0, 0.05) is 24.0 Å². The number of nitrogens with zero attached hydrogens (tertiary/aromatic N) is 1. The Morgan fingerprint density at radius 3 is 2.18 bits per heavy atom. The van der Waals surface area contributed by atoms with Gasteiger partial charge in [-0.2, -0.15) is 0 Å². The molecule has 0 aliphatic carbocycles. The van der Waals surface area contributed by atoms with Crippen LogP contribution in [0.4, 0.5) is 0 Å². The zero-order valence-electron chi connectivity index (χ0n) is 10.6. The van der Waals surface area contributed by atoms with Gasteiger partial charge in [-0.3, -0.25) is 0 Å². The third-order valence-corrected chi connectivity index (χ3v) is 3.31. The van der Waals surface area contributed by atoms with Gasteiger partial charge >= 0.3 is 0 Å². The molecule has 0 spiro atoms. The monoisotopic (exact) mass is 228 g/mol. The zero-order chi connectivity index (χ0) is 12.3. The molecule has 1 atom stereocenters. The van der Waals surface area contributed by atoms with Crippen LogP contribution in [0.3, 0.4) is 0 Å². The summed E-state index contributed by atoms with van der Waals surface area (Å²) in [6.07, 6.45) is 0.973. The summed E-state index contributed by atoms with van der Waals surface area (Å²) in [5.41, 5.74) is 10.0. The van der Waals surface area contributed by atoms with Gasteiger partial charge in [0.15, 0.2) is 0 Å². The van der Waals surface area contributed by atoms with Crippen molar-refractivity contribution in [3.63, 3.8) is 0 Å². The van der Waals surface area contributed by atoms with Gasteiger partial charge in [-0.15, -0.1) is 0 Å². The van der Waals surface area contributed by atoms with E-state index in [2.05, 4.69) is 42.7 Å². The Morgan fingerprint density at radius 1 is 1.00 bits per heavy atom. The Hall–Kier alpha value is -1.54. The average molecular weight is 228 g/mol. The summed E-state index contributed by atoms with van der Waals surface area (Å²) in [7, 11) is 0. The lowest BCUT2D eigenvalue weighted by Crippen LogP contribution is -2.14. The molecule has 90 valence electrons. The summed E-state index contributed by atoms with van der Waals surface area (Å²) in [5.74, 6) is 0. The van der Waals surface area contributed by atoms with E-state index in [1.807, 2.05) is 18.2 Å². The minimum absolute atomic E-state index is 0.123. The fourth-order valence-corrected chi connectivity index (χ4v) is 2.19. The van der Waals surface area contributed by atoms with Gasteiger partial charge in [0.2, 0.25) is 0 Å². The first-order valence-corrected chi connectivity index (χ1v) is 6.12. The molecule has 0 radical (unpaired) electrons. The maximum absolute atomic E-state index is 6.20. The van der Waals surface area contributed by atoms with Gasteiger partial charge < -0.3 is 10.3 Å². The highest BCUT2D eigenvalue weighted by molar-refractivity contribution is 5.18. The van der Waals surface area contributed by atoms with E-state index in [0.717, 1.165) is 13.0 Å². The zero-order valence-corrected chi connectivity index (χ0v) is 10.6. The second kappa shape index (κ2) is 5.19. The maximum atomic E-state index is 6.20. The topological polar surface area (TPSA) is 30.9 Å². The van der Waals surface area contributed by atoms with Crippen molar-refractivity contribution in [1.29, 1.82) is 0 Å². The molecule has 2 rings (SSSR count). The first-order valence-electron chi connectivity index (χ1n) is 6.12. The van der Waals surface area contributed by atoms with E-state index in [4.69, 9.17) is 5.73 Å². The molecule has 1 heterocycles. The van der Waals surface area contributed by atoms with Crippen molar-refractivity contribution in [1.82, 2.24) is 4.57 Å². The number of nitrogens with two attached hydrogens (primary N) is 1. The molecule has 0 saturated heterocycles. The Bertz CT molecular complexity index is 451. The van der Waals surface area contributed by atoms with Crippen LogP contribution in [0.5, 0.6) is 0 Å². The number of benzene rings is 1. The minimum Gasteiger partial charge on any atom is -0.349 e. The predicted octanol–water partition coefficient (Wildman–Crippen LogP) is 3.20. The van der Waals surface area contributed by atoms with E-state index >= 15 is 0 Å². The van der Waals surface area contributed by atoms with Crippen LogP contribution in [-0.2, 0) is 6.54 Å². The lowest BCUT2D eigenvalue weighted by Gasteiger charge is -2.14. The summed E-state index contributed by atoms with van der Waals surface area (Å²) >= 11 is 0. The summed E-state index contributed by atoms with van der Waals surface area (Å²) in [4.78, 5) is 0. The molecule has 2 heteroatoms. The lowest BCUT2D eigenvalue weighted by molar-refractivity contribution is 0.547. The molecular formula is C15H20N2. The summed E-state index contributed by atoms with van der Waals surface area (Å²) in [6.45, 7) is 5.27. The normalized spacial score (nSPS) is 12.6. The van der Waals surface area contributed by atoms with Crippen LogP contribution in [0.25, 0.3) is 0 Å². The fourth-order valence-electron chi connectivity index (χ4n) is 2.19. The van der Waals surface area contributed by atoms with E-state index in [0.29, 0.717) is 0 Å². The standard InChI is InChI=1S/C15H20N2/c1-12-8-9-13(2)17(12)11-10-15(16)14-6-4-3-5-7-14/h3-9,15H,10-11,16H2,1-2H3. The lowest BCUT2D eigenvalue weighted by atomic mass is 10.1. The van der Waals surface area contributed by atoms with Crippen LogP contribution in [0.1, 0.15) is 29.4 Å². The molecule has 0 fully saturated rings. The van der Waals surface area contributed by atoms with E-state index in [9.17, 15) is 0 Å². The summed E-state index contributed by atoms with van der Waals surface area (Å²) < 4.78 is 2.32. The van der Waals surface area contributed by atoms with Crippen LogP contribution >= 0.6 is 0 Å². The molecular weight excluding hydrogens is 208 g/mol. The van der Waals surface area contributed by atoms with Crippen LogP contribution < -0.4 is 5.73 Å². The number of aromatic nitrogens is 1. The van der Waals surface area contributed by atoms with Gasteiger partial charge in [0.1, 0.15) is 0 Å². The van der Waals surface area contributed by atoms with Crippen molar-refractivity contribution in [3.05, 3.63) is 59.4 Å². The van der Waals surface area contributed by atoms with Crippen molar-refractivity contribution >= 4 is 0 Å². The first-order chi connectivity index (χ1) is 8.18. The molecule has 1 aromatic heterocycles. The van der Waals surface area contributed by atoms with Crippen LogP contribution in [0.15, 0.2) is 42.5 Å². The SMILES string of the molecule is Cc1ccc(C)n1CCC(N)c1ccccc1. The quantitative estimate of drug-likeness (QED) is 0.856. The number of hydrogen-bond donors (Lipinski definition) is 1. The smallest absolute Gasteiger partial charge is 0.0311 e. The number of hydrogen-bond acceptors (Lipinski definition) is 1. The molecule has 17 heavy (non-hydrogen) atoms. The van der Waals surface area contributed by atoms with Gasteiger partial charge in [-0.1, -0.05) is 30.3 Å². The van der Waals surface area contributed by atoms with Crippen LogP contribution in [0, 0.1) is 13.8 Å². The third kappa shape index (κ3) is 2.77. The maximum Gasteiger partial charge on any atom is 0.0311 e. The molecule has 0 aliphatic rings. The second-order valence-corrected chi connectivity index (χ2v) is 4.57.